The summed E-state index contributed by atoms with van der Waals surface area (Å²) in [7, 11) is 0. The lowest BCUT2D eigenvalue weighted by molar-refractivity contribution is -0.130. The maximum atomic E-state index is 13.0. The van der Waals surface area contributed by atoms with Gasteiger partial charge in [0.25, 0.3) is 0 Å². The number of hydrogen-bond acceptors (Lipinski definition) is 4. The summed E-state index contributed by atoms with van der Waals surface area (Å²) in [5.41, 5.74) is 6.03. The molecule has 2 fully saturated rings. The van der Waals surface area contributed by atoms with Gasteiger partial charge in [-0.25, -0.2) is 0 Å². The fourth-order valence-corrected chi connectivity index (χ4v) is 6.37. The van der Waals surface area contributed by atoms with Gasteiger partial charge in [-0.3, -0.25) is 14.5 Å². The minimum Gasteiger partial charge on any atom is -0.368 e. The summed E-state index contributed by atoms with van der Waals surface area (Å²) in [6.07, 6.45) is 8.27. The number of aromatic amines is 1. The average molecular weight is 485 g/mol. The van der Waals surface area contributed by atoms with Crippen LogP contribution in [0, 0.1) is 0 Å². The zero-order valence-electron chi connectivity index (χ0n) is 21.0. The molecular formula is C30H36N4O2. The molecule has 1 N–H and O–H groups in total. The standard InChI is InChI=1S/C30H36N4O2/c35-29-10-7-25-19-22(5-9-28(25)31-29)20-30(36)34-17-15-33(16-18-34)27-8-6-23-11-13-32(14-12-24(23)21-27)26-3-1-2-4-26/h5-10,19,21,26H,1-4,11-18,20H2,(H,31,35). The highest BCUT2D eigenvalue weighted by atomic mass is 16.2. The van der Waals surface area contributed by atoms with Crippen molar-refractivity contribution < 1.29 is 4.79 Å². The summed E-state index contributed by atoms with van der Waals surface area (Å²) in [4.78, 5) is 34.5. The molecule has 0 spiro atoms. The number of aromatic nitrogens is 1. The molecule has 6 nitrogen and oxygen atoms in total. The van der Waals surface area contributed by atoms with Gasteiger partial charge in [0, 0.05) is 62.6 Å². The van der Waals surface area contributed by atoms with Crippen LogP contribution in [0.1, 0.15) is 42.4 Å². The van der Waals surface area contributed by atoms with Gasteiger partial charge in [-0.1, -0.05) is 25.0 Å². The van der Waals surface area contributed by atoms with Gasteiger partial charge in [0.05, 0.1) is 6.42 Å². The van der Waals surface area contributed by atoms with Crippen molar-refractivity contribution in [3.63, 3.8) is 0 Å². The number of hydrogen-bond donors (Lipinski definition) is 1. The predicted molar refractivity (Wildman–Crippen MR) is 145 cm³/mol. The highest BCUT2D eigenvalue weighted by molar-refractivity contribution is 5.83. The predicted octanol–water partition coefficient (Wildman–Crippen LogP) is 3.76. The van der Waals surface area contributed by atoms with Gasteiger partial charge < -0.3 is 14.8 Å². The molecule has 0 radical (unpaired) electrons. The van der Waals surface area contributed by atoms with Crippen LogP contribution in [0.15, 0.2) is 53.3 Å². The molecule has 3 aliphatic rings. The third kappa shape index (κ3) is 4.92. The van der Waals surface area contributed by atoms with Crippen LogP contribution in [-0.2, 0) is 24.1 Å². The first-order chi connectivity index (χ1) is 17.6. The molecule has 2 aliphatic heterocycles. The third-order valence-corrected chi connectivity index (χ3v) is 8.51. The summed E-state index contributed by atoms with van der Waals surface area (Å²) in [6.45, 7) is 5.65. The molecule has 3 heterocycles. The highest BCUT2D eigenvalue weighted by Crippen LogP contribution is 2.28. The van der Waals surface area contributed by atoms with Crippen molar-refractivity contribution in [2.75, 3.05) is 44.2 Å². The molecule has 0 atom stereocenters. The summed E-state index contributed by atoms with van der Waals surface area (Å²) < 4.78 is 0. The van der Waals surface area contributed by atoms with Crippen molar-refractivity contribution in [3.8, 4) is 0 Å². The Morgan fingerprint density at radius 3 is 2.42 bits per heavy atom. The van der Waals surface area contributed by atoms with Crippen LogP contribution in [-0.4, -0.2) is 66.0 Å². The van der Waals surface area contributed by atoms with Gasteiger partial charge in [0.15, 0.2) is 0 Å². The number of pyridine rings is 1. The third-order valence-electron chi connectivity index (χ3n) is 8.51. The summed E-state index contributed by atoms with van der Waals surface area (Å²) in [6, 6.07) is 17.1. The number of carbonyl (C=O) groups excluding carboxylic acids is 1. The lowest BCUT2D eigenvalue weighted by Crippen LogP contribution is -2.49. The summed E-state index contributed by atoms with van der Waals surface area (Å²) >= 11 is 0. The molecule has 36 heavy (non-hydrogen) atoms. The second-order valence-corrected chi connectivity index (χ2v) is 10.7. The van der Waals surface area contributed by atoms with Crippen molar-refractivity contribution in [1.29, 1.82) is 0 Å². The zero-order valence-corrected chi connectivity index (χ0v) is 21.0. The van der Waals surface area contributed by atoms with Crippen LogP contribution >= 0.6 is 0 Å². The van der Waals surface area contributed by atoms with Crippen LogP contribution in [0.3, 0.4) is 0 Å². The van der Waals surface area contributed by atoms with Gasteiger partial charge in [-0.15, -0.1) is 0 Å². The van der Waals surface area contributed by atoms with E-state index in [2.05, 4.69) is 33.0 Å². The molecule has 3 aromatic rings. The quantitative estimate of drug-likeness (QED) is 0.613. The monoisotopic (exact) mass is 484 g/mol. The Balaban J connectivity index is 1.05. The molecule has 1 aliphatic carbocycles. The molecule has 1 amide bonds. The van der Waals surface area contributed by atoms with E-state index >= 15 is 0 Å². The molecule has 0 unspecified atom stereocenters. The maximum absolute atomic E-state index is 13.0. The Morgan fingerprint density at radius 2 is 1.61 bits per heavy atom. The second-order valence-electron chi connectivity index (χ2n) is 10.7. The normalized spacial score (nSPS) is 19.4. The first-order valence-electron chi connectivity index (χ1n) is 13.6. The average Bonchev–Trinajstić information content (AvgIpc) is 3.36. The minimum absolute atomic E-state index is 0.107. The Labute approximate surface area is 212 Å². The lowest BCUT2D eigenvalue weighted by atomic mass is 10.0. The number of nitrogens with one attached hydrogen (secondary N) is 1. The van der Waals surface area contributed by atoms with Gasteiger partial charge >= 0.3 is 0 Å². The van der Waals surface area contributed by atoms with E-state index in [1.165, 1.54) is 68.1 Å². The van der Waals surface area contributed by atoms with Gasteiger partial charge in [0.1, 0.15) is 0 Å². The van der Waals surface area contributed by atoms with E-state index < -0.39 is 0 Å². The van der Waals surface area contributed by atoms with Crippen LogP contribution in [0.25, 0.3) is 10.9 Å². The fraction of sp³-hybridized carbons (Fsp3) is 0.467. The number of carbonyl (C=O) groups is 1. The van der Waals surface area contributed by atoms with E-state index in [-0.39, 0.29) is 11.5 Å². The number of fused-ring (bicyclic) bond motifs is 2. The molecule has 1 aromatic heterocycles. The largest absolute Gasteiger partial charge is 0.368 e. The number of rotatable bonds is 4. The molecule has 6 heteroatoms. The maximum Gasteiger partial charge on any atom is 0.248 e. The molecule has 0 bridgehead atoms. The number of amides is 1. The van der Waals surface area contributed by atoms with E-state index in [0.29, 0.717) is 6.42 Å². The summed E-state index contributed by atoms with van der Waals surface area (Å²) in [5.74, 6) is 0.173. The number of nitrogens with zero attached hydrogens (tertiary/aromatic N) is 3. The van der Waals surface area contributed by atoms with Crippen molar-refractivity contribution in [2.45, 2.75) is 51.0 Å². The van der Waals surface area contributed by atoms with Crippen molar-refractivity contribution in [1.82, 2.24) is 14.8 Å². The number of benzene rings is 2. The summed E-state index contributed by atoms with van der Waals surface area (Å²) in [5, 5.41) is 0.958. The van der Waals surface area contributed by atoms with E-state index in [1.807, 2.05) is 29.2 Å². The molecular weight excluding hydrogens is 448 g/mol. The topological polar surface area (TPSA) is 59.7 Å². The van der Waals surface area contributed by atoms with Crippen molar-refractivity contribution in [2.24, 2.45) is 0 Å². The first-order valence-corrected chi connectivity index (χ1v) is 13.6. The SMILES string of the molecule is O=C(Cc1ccc2[nH]c(=O)ccc2c1)N1CCN(c2ccc3c(c2)CCN(C2CCCC2)CC3)CC1. The molecule has 1 saturated carbocycles. The zero-order chi connectivity index (χ0) is 24.5. The highest BCUT2D eigenvalue weighted by Gasteiger charge is 2.26. The van der Waals surface area contributed by atoms with Gasteiger partial charge in [-0.05, 0) is 78.1 Å². The van der Waals surface area contributed by atoms with Crippen LogP contribution in [0.4, 0.5) is 5.69 Å². The van der Waals surface area contributed by atoms with Crippen LogP contribution < -0.4 is 10.5 Å². The van der Waals surface area contributed by atoms with Gasteiger partial charge in [-0.2, -0.15) is 0 Å². The lowest BCUT2D eigenvalue weighted by Gasteiger charge is -2.36. The van der Waals surface area contributed by atoms with Crippen LogP contribution in [0.5, 0.6) is 0 Å². The number of piperazine rings is 1. The molecule has 2 aromatic carbocycles. The molecule has 6 rings (SSSR count). The smallest absolute Gasteiger partial charge is 0.248 e. The van der Waals surface area contributed by atoms with E-state index in [4.69, 9.17) is 0 Å². The van der Waals surface area contributed by atoms with Crippen molar-refractivity contribution in [3.05, 3.63) is 75.6 Å². The van der Waals surface area contributed by atoms with E-state index in [0.717, 1.165) is 55.1 Å². The molecule has 1 saturated heterocycles. The number of anilines is 1. The number of H-pyrrole nitrogens is 1. The van der Waals surface area contributed by atoms with E-state index in [9.17, 15) is 9.59 Å². The van der Waals surface area contributed by atoms with Crippen LogP contribution in [0.2, 0.25) is 0 Å². The first kappa shape index (κ1) is 23.3. The van der Waals surface area contributed by atoms with Gasteiger partial charge in [0.2, 0.25) is 11.5 Å². The Hall–Kier alpha value is -3.12. The molecule has 188 valence electrons. The minimum atomic E-state index is -0.107. The van der Waals surface area contributed by atoms with Crippen molar-refractivity contribution >= 4 is 22.5 Å². The fourth-order valence-electron chi connectivity index (χ4n) is 6.37. The van der Waals surface area contributed by atoms with E-state index in [1.54, 1.807) is 0 Å². The second kappa shape index (κ2) is 10.1. The Kier molecular flexibility index (Phi) is 6.53. The Bertz CT molecular complexity index is 1300. The Morgan fingerprint density at radius 1 is 0.833 bits per heavy atom.